The van der Waals surface area contributed by atoms with Crippen LogP contribution in [0, 0.1) is 5.92 Å². The fourth-order valence-corrected chi connectivity index (χ4v) is 1.99. The fourth-order valence-electron chi connectivity index (χ4n) is 1.99. The SMILES string of the molecule is NCc1cn(CC2CCCOC2)cnc1=O. The lowest BCUT2D eigenvalue weighted by molar-refractivity contribution is 0.0481. The minimum atomic E-state index is -0.223. The molecule has 0 bridgehead atoms. The van der Waals surface area contributed by atoms with E-state index in [0.29, 0.717) is 11.5 Å². The molecule has 0 saturated carbocycles. The van der Waals surface area contributed by atoms with Crippen LogP contribution in [-0.4, -0.2) is 22.8 Å². The van der Waals surface area contributed by atoms with Crippen molar-refractivity contribution in [3.05, 3.63) is 28.4 Å². The molecule has 0 aromatic carbocycles. The lowest BCUT2D eigenvalue weighted by Gasteiger charge is -2.22. The van der Waals surface area contributed by atoms with Gasteiger partial charge in [-0.3, -0.25) is 4.79 Å². The van der Waals surface area contributed by atoms with E-state index in [0.717, 1.165) is 26.2 Å². The van der Waals surface area contributed by atoms with E-state index >= 15 is 0 Å². The number of ether oxygens (including phenoxy) is 1. The van der Waals surface area contributed by atoms with E-state index in [4.69, 9.17) is 10.5 Å². The molecule has 1 aliphatic rings. The van der Waals surface area contributed by atoms with Crippen LogP contribution in [0.3, 0.4) is 0 Å². The maximum Gasteiger partial charge on any atom is 0.277 e. The van der Waals surface area contributed by atoms with Crippen molar-refractivity contribution in [1.29, 1.82) is 0 Å². The predicted octanol–water partition coefficient (Wildman–Crippen LogP) is 0.129. The summed E-state index contributed by atoms with van der Waals surface area (Å²) in [7, 11) is 0. The second-order valence-corrected chi connectivity index (χ2v) is 4.19. The highest BCUT2D eigenvalue weighted by Gasteiger charge is 2.14. The molecule has 0 amide bonds. The summed E-state index contributed by atoms with van der Waals surface area (Å²) in [5.41, 5.74) is 5.82. The summed E-state index contributed by atoms with van der Waals surface area (Å²) in [5.74, 6) is 0.517. The van der Waals surface area contributed by atoms with Crippen molar-refractivity contribution in [2.24, 2.45) is 11.7 Å². The Morgan fingerprint density at radius 1 is 1.62 bits per heavy atom. The third-order valence-corrected chi connectivity index (χ3v) is 2.86. The first kappa shape index (κ1) is 11.3. The Morgan fingerprint density at radius 2 is 2.50 bits per heavy atom. The monoisotopic (exact) mass is 223 g/mol. The molecule has 1 aliphatic heterocycles. The van der Waals surface area contributed by atoms with E-state index in [9.17, 15) is 4.79 Å². The number of hydrogen-bond acceptors (Lipinski definition) is 4. The quantitative estimate of drug-likeness (QED) is 0.790. The van der Waals surface area contributed by atoms with Gasteiger partial charge in [-0.2, -0.15) is 4.98 Å². The number of nitrogens with zero attached hydrogens (tertiary/aromatic N) is 2. The van der Waals surface area contributed by atoms with Crippen LogP contribution in [0.25, 0.3) is 0 Å². The second-order valence-electron chi connectivity index (χ2n) is 4.19. The average Bonchev–Trinajstić information content (AvgIpc) is 2.33. The van der Waals surface area contributed by atoms with Crippen molar-refractivity contribution < 1.29 is 4.74 Å². The van der Waals surface area contributed by atoms with Gasteiger partial charge in [0.25, 0.3) is 5.56 Å². The van der Waals surface area contributed by atoms with Gasteiger partial charge in [-0.05, 0) is 12.8 Å². The molecule has 1 fully saturated rings. The summed E-state index contributed by atoms with van der Waals surface area (Å²) in [4.78, 5) is 15.1. The van der Waals surface area contributed by atoms with E-state index in [1.807, 2.05) is 4.57 Å². The molecule has 1 unspecified atom stereocenters. The highest BCUT2D eigenvalue weighted by molar-refractivity contribution is 5.03. The molecule has 2 rings (SSSR count). The Labute approximate surface area is 94.2 Å². The van der Waals surface area contributed by atoms with Crippen molar-refractivity contribution in [3.8, 4) is 0 Å². The number of nitrogens with two attached hydrogens (primary N) is 1. The minimum absolute atomic E-state index is 0.223. The van der Waals surface area contributed by atoms with Gasteiger partial charge in [-0.1, -0.05) is 0 Å². The predicted molar refractivity (Wildman–Crippen MR) is 59.9 cm³/mol. The summed E-state index contributed by atoms with van der Waals surface area (Å²) in [6.07, 6.45) is 5.66. The van der Waals surface area contributed by atoms with Crippen LogP contribution in [0.5, 0.6) is 0 Å². The van der Waals surface area contributed by atoms with Crippen LogP contribution in [0.1, 0.15) is 18.4 Å². The van der Waals surface area contributed by atoms with Gasteiger partial charge in [0.2, 0.25) is 0 Å². The Bertz CT molecular complexity index is 396. The number of aromatic nitrogens is 2. The Morgan fingerprint density at radius 3 is 3.19 bits per heavy atom. The molecular weight excluding hydrogens is 206 g/mol. The summed E-state index contributed by atoms with van der Waals surface area (Å²) in [5, 5.41) is 0. The van der Waals surface area contributed by atoms with Gasteiger partial charge in [-0.15, -0.1) is 0 Å². The van der Waals surface area contributed by atoms with E-state index in [-0.39, 0.29) is 12.1 Å². The highest BCUT2D eigenvalue weighted by atomic mass is 16.5. The van der Waals surface area contributed by atoms with Gasteiger partial charge in [0.1, 0.15) is 0 Å². The van der Waals surface area contributed by atoms with Crippen LogP contribution in [-0.2, 0) is 17.8 Å². The first-order valence-corrected chi connectivity index (χ1v) is 5.62. The summed E-state index contributed by atoms with van der Waals surface area (Å²) >= 11 is 0. The second kappa shape index (κ2) is 5.23. The molecule has 2 N–H and O–H groups in total. The van der Waals surface area contributed by atoms with Gasteiger partial charge < -0.3 is 15.0 Å². The summed E-state index contributed by atoms with van der Waals surface area (Å²) in [6.45, 7) is 2.76. The third-order valence-electron chi connectivity index (χ3n) is 2.86. The van der Waals surface area contributed by atoms with Gasteiger partial charge in [0.05, 0.1) is 12.9 Å². The van der Waals surface area contributed by atoms with Crippen molar-refractivity contribution in [2.45, 2.75) is 25.9 Å². The molecule has 5 nitrogen and oxygen atoms in total. The molecular formula is C11H17N3O2. The van der Waals surface area contributed by atoms with Crippen LogP contribution >= 0.6 is 0 Å². The van der Waals surface area contributed by atoms with Gasteiger partial charge >= 0.3 is 0 Å². The Hall–Kier alpha value is -1.20. The molecule has 1 aromatic rings. The summed E-state index contributed by atoms with van der Waals surface area (Å²) < 4.78 is 7.35. The van der Waals surface area contributed by atoms with Gasteiger partial charge in [0, 0.05) is 37.4 Å². The van der Waals surface area contributed by atoms with Gasteiger partial charge in [-0.25, -0.2) is 0 Å². The molecule has 1 aromatic heterocycles. The zero-order chi connectivity index (χ0) is 11.4. The summed E-state index contributed by atoms with van der Waals surface area (Å²) in [6, 6.07) is 0. The smallest absolute Gasteiger partial charge is 0.277 e. The van der Waals surface area contributed by atoms with E-state index < -0.39 is 0 Å². The van der Waals surface area contributed by atoms with E-state index in [1.165, 1.54) is 6.42 Å². The van der Waals surface area contributed by atoms with Crippen molar-refractivity contribution in [2.75, 3.05) is 13.2 Å². The molecule has 0 radical (unpaired) electrons. The molecule has 1 atom stereocenters. The molecule has 5 heteroatoms. The van der Waals surface area contributed by atoms with Crippen molar-refractivity contribution in [3.63, 3.8) is 0 Å². The zero-order valence-electron chi connectivity index (χ0n) is 9.26. The fraction of sp³-hybridized carbons (Fsp3) is 0.636. The highest BCUT2D eigenvalue weighted by Crippen LogP contribution is 2.15. The normalized spacial score (nSPS) is 20.9. The molecule has 16 heavy (non-hydrogen) atoms. The number of hydrogen-bond donors (Lipinski definition) is 1. The van der Waals surface area contributed by atoms with E-state index in [1.54, 1.807) is 12.5 Å². The zero-order valence-corrected chi connectivity index (χ0v) is 9.26. The molecule has 88 valence electrons. The molecule has 1 saturated heterocycles. The standard InChI is InChI=1S/C11H17N3O2/c12-4-10-6-14(8-13-11(10)15)5-9-2-1-3-16-7-9/h6,8-9H,1-5,7,12H2. The first-order valence-electron chi connectivity index (χ1n) is 5.62. The number of rotatable bonds is 3. The Balaban J connectivity index is 2.06. The third kappa shape index (κ3) is 2.68. The van der Waals surface area contributed by atoms with Crippen LogP contribution < -0.4 is 11.3 Å². The van der Waals surface area contributed by atoms with Crippen molar-refractivity contribution in [1.82, 2.24) is 9.55 Å². The molecule has 0 aliphatic carbocycles. The largest absolute Gasteiger partial charge is 0.381 e. The van der Waals surface area contributed by atoms with Crippen LogP contribution in [0.4, 0.5) is 0 Å². The molecule has 0 spiro atoms. The van der Waals surface area contributed by atoms with E-state index in [2.05, 4.69) is 4.98 Å². The maximum atomic E-state index is 11.3. The lowest BCUT2D eigenvalue weighted by atomic mass is 10.0. The van der Waals surface area contributed by atoms with Crippen molar-refractivity contribution >= 4 is 0 Å². The Kier molecular flexibility index (Phi) is 3.69. The van der Waals surface area contributed by atoms with Crippen LogP contribution in [0.15, 0.2) is 17.3 Å². The van der Waals surface area contributed by atoms with Gasteiger partial charge in [0.15, 0.2) is 0 Å². The lowest BCUT2D eigenvalue weighted by Crippen LogP contribution is -2.25. The van der Waals surface area contributed by atoms with Crippen LogP contribution in [0.2, 0.25) is 0 Å². The average molecular weight is 223 g/mol. The minimum Gasteiger partial charge on any atom is -0.381 e. The maximum absolute atomic E-state index is 11.3. The topological polar surface area (TPSA) is 70.1 Å². The first-order chi connectivity index (χ1) is 7.79. The molecule has 2 heterocycles.